The Morgan fingerprint density at radius 3 is 2.71 bits per heavy atom. The Labute approximate surface area is 175 Å². The van der Waals surface area contributed by atoms with Gasteiger partial charge in [0.1, 0.15) is 23.4 Å². The molecule has 0 bridgehead atoms. The molecule has 6 nitrogen and oxygen atoms in total. The Bertz CT molecular complexity index is 1120. The highest BCUT2D eigenvalue weighted by Crippen LogP contribution is 2.60. The van der Waals surface area contributed by atoms with Gasteiger partial charge in [-0.25, -0.2) is 14.4 Å². The minimum absolute atomic E-state index is 0.0277. The van der Waals surface area contributed by atoms with Crippen molar-refractivity contribution in [2.75, 3.05) is 25.5 Å². The SMILES string of the molecule is COc1cc2ncc(-c3cccc(N[C@H]4CNC[C@@H]4F)n3)n2cc1C1(C(F)(F)F)CC1. The van der Waals surface area contributed by atoms with Crippen LogP contribution in [0.25, 0.3) is 17.0 Å². The van der Waals surface area contributed by atoms with E-state index in [-0.39, 0.29) is 36.7 Å². The predicted molar refractivity (Wildman–Crippen MR) is 107 cm³/mol. The van der Waals surface area contributed by atoms with Crippen LogP contribution in [0.15, 0.2) is 36.7 Å². The van der Waals surface area contributed by atoms with E-state index >= 15 is 0 Å². The second-order valence-corrected chi connectivity index (χ2v) is 8.04. The van der Waals surface area contributed by atoms with Crippen LogP contribution in [-0.4, -0.2) is 53.0 Å². The van der Waals surface area contributed by atoms with Gasteiger partial charge in [-0.2, -0.15) is 13.2 Å². The fourth-order valence-electron chi connectivity index (χ4n) is 4.19. The van der Waals surface area contributed by atoms with Crippen molar-refractivity contribution in [3.05, 3.63) is 42.2 Å². The standard InChI is InChI=1S/C21H21F4N5O/c1-31-17-7-19-27-10-16(30(19)11-12(17)20(5-6-20)21(23,24)25)14-3-2-4-18(28-14)29-15-9-26-8-13(15)22/h2-4,7,10-11,13,15,26H,5-6,8-9H2,1H3,(H,28,29)/t13-,15-/m0/s1. The number of nitrogens with zero attached hydrogens (tertiary/aromatic N) is 3. The first-order chi connectivity index (χ1) is 14.8. The molecule has 0 unspecified atom stereocenters. The molecule has 1 saturated carbocycles. The molecule has 0 aromatic carbocycles. The lowest BCUT2D eigenvalue weighted by atomic mass is 9.96. The summed E-state index contributed by atoms with van der Waals surface area (Å²) in [5.41, 5.74) is -0.275. The first-order valence-electron chi connectivity index (χ1n) is 10.0. The number of pyridine rings is 2. The van der Waals surface area contributed by atoms with E-state index in [1.807, 2.05) is 0 Å². The van der Waals surface area contributed by atoms with E-state index in [9.17, 15) is 17.6 Å². The number of aromatic nitrogens is 3. The molecule has 1 aliphatic heterocycles. The molecule has 0 amide bonds. The number of alkyl halides is 4. The Kier molecular flexibility index (Phi) is 4.58. The lowest BCUT2D eigenvalue weighted by Gasteiger charge is -2.22. The highest BCUT2D eigenvalue weighted by atomic mass is 19.4. The summed E-state index contributed by atoms with van der Waals surface area (Å²) in [5.74, 6) is 0.664. The normalized spacial score (nSPS) is 22.6. The quantitative estimate of drug-likeness (QED) is 0.599. The van der Waals surface area contributed by atoms with Crippen molar-refractivity contribution < 1.29 is 22.3 Å². The van der Waals surface area contributed by atoms with E-state index in [4.69, 9.17) is 4.74 Å². The van der Waals surface area contributed by atoms with Crippen molar-refractivity contribution in [1.29, 1.82) is 0 Å². The average molecular weight is 435 g/mol. The molecule has 0 spiro atoms. The maximum Gasteiger partial charge on any atom is 0.398 e. The summed E-state index contributed by atoms with van der Waals surface area (Å²) in [5, 5.41) is 6.05. The van der Waals surface area contributed by atoms with Crippen LogP contribution in [0.1, 0.15) is 18.4 Å². The highest BCUT2D eigenvalue weighted by Gasteiger charge is 2.65. The molecular weight excluding hydrogens is 414 g/mol. The van der Waals surface area contributed by atoms with Crippen LogP contribution < -0.4 is 15.4 Å². The molecule has 164 valence electrons. The van der Waals surface area contributed by atoms with Gasteiger partial charge in [0.2, 0.25) is 0 Å². The van der Waals surface area contributed by atoms with E-state index in [1.54, 1.807) is 28.8 Å². The maximum atomic E-state index is 13.9. The van der Waals surface area contributed by atoms with Gasteiger partial charge >= 0.3 is 6.18 Å². The van der Waals surface area contributed by atoms with Crippen LogP contribution >= 0.6 is 0 Å². The van der Waals surface area contributed by atoms with Crippen molar-refractivity contribution in [3.8, 4) is 17.1 Å². The molecule has 2 N–H and O–H groups in total. The van der Waals surface area contributed by atoms with Gasteiger partial charge in [0.25, 0.3) is 0 Å². The van der Waals surface area contributed by atoms with Gasteiger partial charge < -0.3 is 15.4 Å². The van der Waals surface area contributed by atoms with Crippen molar-refractivity contribution in [3.63, 3.8) is 0 Å². The third kappa shape index (κ3) is 3.29. The van der Waals surface area contributed by atoms with Gasteiger partial charge in [-0.3, -0.25) is 4.40 Å². The van der Waals surface area contributed by atoms with Gasteiger partial charge in [-0.1, -0.05) is 6.07 Å². The second kappa shape index (κ2) is 7.08. The monoisotopic (exact) mass is 435 g/mol. The van der Waals surface area contributed by atoms with E-state index in [2.05, 4.69) is 20.6 Å². The smallest absolute Gasteiger partial charge is 0.398 e. The Hall–Kier alpha value is -2.88. The van der Waals surface area contributed by atoms with Crippen LogP contribution in [0.3, 0.4) is 0 Å². The molecule has 0 radical (unpaired) electrons. The zero-order chi connectivity index (χ0) is 21.8. The van der Waals surface area contributed by atoms with Crippen molar-refractivity contribution in [1.82, 2.24) is 19.7 Å². The van der Waals surface area contributed by atoms with Crippen LogP contribution in [0.5, 0.6) is 5.75 Å². The molecule has 2 aliphatic rings. The number of halogens is 4. The van der Waals surface area contributed by atoms with E-state index in [0.29, 0.717) is 29.4 Å². The number of rotatable bonds is 5. The summed E-state index contributed by atoms with van der Waals surface area (Å²) >= 11 is 0. The van der Waals surface area contributed by atoms with Gasteiger partial charge in [-0.05, 0) is 25.0 Å². The zero-order valence-corrected chi connectivity index (χ0v) is 16.7. The largest absolute Gasteiger partial charge is 0.496 e. The van der Waals surface area contributed by atoms with Crippen molar-refractivity contribution in [2.45, 2.75) is 36.6 Å². The predicted octanol–water partition coefficient (Wildman–Crippen LogP) is 3.72. The van der Waals surface area contributed by atoms with Gasteiger partial charge in [0.05, 0.1) is 36.2 Å². The van der Waals surface area contributed by atoms with Crippen LogP contribution in [0.2, 0.25) is 0 Å². The molecule has 31 heavy (non-hydrogen) atoms. The topological polar surface area (TPSA) is 63.5 Å². The lowest BCUT2D eigenvalue weighted by Crippen LogP contribution is -2.29. The van der Waals surface area contributed by atoms with Crippen molar-refractivity contribution >= 4 is 11.5 Å². The molecule has 10 heteroatoms. The number of anilines is 1. The number of hydrogen-bond acceptors (Lipinski definition) is 5. The molecule has 2 fully saturated rings. The molecular formula is C21H21F4N5O. The number of ether oxygens (including phenoxy) is 1. The highest BCUT2D eigenvalue weighted by molar-refractivity contribution is 5.64. The molecule has 5 rings (SSSR count). The molecule has 3 aromatic rings. The lowest BCUT2D eigenvalue weighted by molar-refractivity contribution is -0.161. The third-order valence-corrected chi connectivity index (χ3v) is 6.12. The maximum absolute atomic E-state index is 13.9. The van der Waals surface area contributed by atoms with E-state index in [1.165, 1.54) is 19.4 Å². The summed E-state index contributed by atoms with van der Waals surface area (Å²) in [4.78, 5) is 8.87. The summed E-state index contributed by atoms with van der Waals surface area (Å²) < 4.78 is 62.2. The van der Waals surface area contributed by atoms with E-state index in [0.717, 1.165) is 0 Å². The van der Waals surface area contributed by atoms with Gasteiger partial charge in [0, 0.05) is 30.9 Å². The summed E-state index contributed by atoms with van der Waals surface area (Å²) in [7, 11) is 1.36. The summed E-state index contributed by atoms with van der Waals surface area (Å²) in [6, 6.07) is 6.37. The fourth-order valence-corrected chi connectivity index (χ4v) is 4.19. The second-order valence-electron chi connectivity index (χ2n) is 8.04. The molecule has 1 aliphatic carbocycles. The average Bonchev–Trinajstić information content (AvgIpc) is 3.33. The first kappa shape index (κ1) is 20.0. The molecule has 2 atom stereocenters. The third-order valence-electron chi connectivity index (χ3n) is 6.12. The minimum atomic E-state index is -4.37. The van der Waals surface area contributed by atoms with E-state index < -0.39 is 17.8 Å². The Morgan fingerprint density at radius 1 is 1.26 bits per heavy atom. The first-order valence-corrected chi connectivity index (χ1v) is 10.0. The molecule has 4 heterocycles. The molecule has 1 saturated heterocycles. The summed E-state index contributed by atoms with van der Waals surface area (Å²) in [6.45, 7) is 0.779. The van der Waals surface area contributed by atoms with Crippen LogP contribution in [-0.2, 0) is 5.41 Å². The number of imidazole rings is 1. The van der Waals surface area contributed by atoms with Gasteiger partial charge in [0.15, 0.2) is 0 Å². The van der Waals surface area contributed by atoms with Crippen LogP contribution in [0.4, 0.5) is 23.4 Å². The Morgan fingerprint density at radius 2 is 2.06 bits per heavy atom. The number of hydrogen-bond donors (Lipinski definition) is 2. The summed E-state index contributed by atoms with van der Waals surface area (Å²) in [6.07, 6.45) is -2.31. The minimum Gasteiger partial charge on any atom is -0.496 e. The zero-order valence-electron chi connectivity index (χ0n) is 16.7. The number of nitrogens with one attached hydrogen (secondary N) is 2. The number of methoxy groups -OCH3 is 1. The number of fused-ring (bicyclic) bond motifs is 1. The molecule has 3 aromatic heterocycles. The van der Waals surface area contributed by atoms with Crippen LogP contribution in [0, 0.1) is 0 Å². The van der Waals surface area contributed by atoms with Crippen molar-refractivity contribution in [2.24, 2.45) is 0 Å². The fraction of sp³-hybridized carbons (Fsp3) is 0.429. The Balaban J connectivity index is 1.56. The van der Waals surface area contributed by atoms with Gasteiger partial charge in [-0.15, -0.1) is 0 Å².